The van der Waals surface area contributed by atoms with Gasteiger partial charge in [0, 0.05) is 18.1 Å². The molecule has 0 aliphatic rings. The number of likely N-dealkylation sites (N-methyl/N-ethyl adjacent to an activating group) is 1. The zero-order chi connectivity index (χ0) is 14.3. The van der Waals surface area contributed by atoms with Gasteiger partial charge in [0.25, 0.3) is 0 Å². The Morgan fingerprint density at radius 3 is 2.68 bits per heavy atom. The molecule has 0 heterocycles. The largest absolute Gasteiger partial charge is 0.389 e. The normalized spacial score (nSPS) is 13.2. The average molecular weight is 286 g/mol. The number of rotatable bonds is 8. The van der Waals surface area contributed by atoms with Crippen LogP contribution in [0.1, 0.15) is 26.3 Å². The van der Waals surface area contributed by atoms with Crippen LogP contribution in [0.15, 0.2) is 24.3 Å². The van der Waals surface area contributed by atoms with Gasteiger partial charge in [0.1, 0.15) is 0 Å². The Labute approximate surface area is 121 Å². The second-order valence-electron chi connectivity index (χ2n) is 4.99. The summed E-state index contributed by atoms with van der Waals surface area (Å²) in [6.07, 6.45) is -0.306. The monoisotopic (exact) mass is 285 g/mol. The summed E-state index contributed by atoms with van der Waals surface area (Å²) in [5.41, 5.74) is 1.16. The van der Waals surface area contributed by atoms with Gasteiger partial charge in [0.2, 0.25) is 0 Å². The van der Waals surface area contributed by atoms with E-state index in [4.69, 9.17) is 16.3 Å². The topological polar surface area (TPSA) is 32.7 Å². The van der Waals surface area contributed by atoms with E-state index in [-0.39, 0.29) is 6.10 Å². The molecule has 0 fully saturated rings. The lowest BCUT2D eigenvalue weighted by Crippen LogP contribution is -2.35. The molecule has 0 amide bonds. The van der Waals surface area contributed by atoms with Crippen LogP contribution < -0.4 is 0 Å². The van der Waals surface area contributed by atoms with Gasteiger partial charge in [-0.15, -0.1) is 0 Å². The van der Waals surface area contributed by atoms with Gasteiger partial charge in [0.05, 0.1) is 18.8 Å². The first-order valence-corrected chi connectivity index (χ1v) is 7.15. The van der Waals surface area contributed by atoms with Gasteiger partial charge in [-0.25, -0.2) is 0 Å². The van der Waals surface area contributed by atoms with Gasteiger partial charge in [-0.2, -0.15) is 0 Å². The molecule has 1 atom stereocenters. The van der Waals surface area contributed by atoms with Gasteiger partial charge in [-0.3, -0.25) is 4.90 Å². The molecule has 0 saturated carbocycles. The summed E-state index contributed by atoms with van der Waals surface area (Å²) in [4.78, 5) is 2.18. The van der Waals surface area contributed by atoms with E-state index in [0.717, 1.165) is 23.7 Å². The lowest BCUT2D eigenvalue weighted by Gasteiger charge is -2.24. The Kier molecular flexibility index (Phi) is 7.39. The summed E-state index contributed by atoms with van der Waals surface area (Å²) in [5.74, 6) is 0. The van der Waals surface area contributed by atoms with Gasteiger partial charge < -0.3 is 9.84 Å². The van der Waals surface area contributed by atoms with E-state index in [1.54, 1.807) is 0 Å². The maximum atomic E-state index is 9.94. The zero-order valence-corrected chi connectivity index (χ0v) is 12.7. The van der Waals surface area contributed by atoms with Crippen molar-refractivity contribution in [3.63, 3.8) is 0 Å². The number of ether oxygens (including phenoxy) is 1. The lowest BCUT2D eigenvalue weighted by atomic mass is 10.2. The van der Waals surface area contributed by atoms with Crippen LogP contribution in [0.25, 0.3) is 0 Å². The summed E-state index contributed by atoms with van der Waals surface area (Å²) in [6.45, 7) is 8.67. The maximum absolute atomic E-state index is 9.94. The molecule has 1 unspecified atom stereocenters. The van der Waals surface area contributed by atoms with E-state index >= 15 is 0 Å². The zero-order valence-electron chi connectivity index (χ0n) is 12.0. The third-order valence-corrected chi connectivity index (χ3v) is 3.07. The van der Waals surface area contributed by atoms with E-state index in [2.05, 4.69) is 11.8 Å². The van der Waals surface area contributed by atoms with Crippen molar-refractivity contribution in [1.29, 1.82) is 0 Å². The highest BCUT2D eigenvalue weighted by Crippen LogP contribution is 2.13. The molecule has 108 valence electrons. The SMILES string of the molecule is CCN(Cc1cccc(Cl)c1)CC(O)COC(C)C. The first-order chi connectivity index (χ1) is 9.01. The fraction of sp³-hybridized carbons (Fsp3) is 0.600. The van der Waals surface area contributed by atoms with Crippen molar-refractivity contribution in [3.05, 3.63) is 34.9 Å². The summed E-state index contributed by atoms with van der Waals surface area (Å²) >= 11 is 5.97. The van der Waals surface area contributed by atoms with Crippen molar-refractivity contribution in [2.24, 2.45) is 0 Å². The smallest absolute Gasteiger partial charge is 0.0900 e. The minimum absolute atomic E-state index is 0.151. The quantitative estimate of drug-likeness (QED) is 0.797. The van der Waals surface area contributed by atoms with Crippen molar-refractivity contribution in [2.75, 3.05) is 19.7 Å². The van der Waals surface area contributed by atoms with Crippen LogP contribution in [0, 0.1) is 0 Å². The lowest BCUT2D eigenvalue weighted by molar-refractivity contribution is -0.00885. The molecule has 0 bridgehead atoms. The fourth-order valence-electron chi connectivity index (χ4n) is 1.85. The average Bonchev–Trinajstić information content (AvgIpc) is 2.35. The van der Waals surface area contributed by atoms with E-state index in [9.17, 15) is 5.11 Å². The summed E-state index contributed by atoms with van der Waals surface area (Å²) in [7, 11) is 0. The first kappa shape index (κ1) is 16.4. The van der Waals surface area contributed by atoms with Crippen LogP contribution in [-0.4, -0.2) is 41.9 Å². The summed E-state index contributed by atoms with van der Waals surface area (Å²) < 4.78 is 5.42. The number of nitrogens with zero attached hydrogens (tertiary/aromatic N) is 1. The Balaban J connectivity index is 2.45. The van der Waals surface area contributed by atoms with Crippen molar-refractivity contribution in [2.45, 2.75) is 39.5 Å². The predicted molar refractivity (Wildman–Crippen MR) is 79.5 cm³/mol. The number of aliphatic hydroxyl groups is 1. The Morgan fingerprint density at radius 2 is 2.11 bits per heavy atom. The van der Waals surface area contributed by atoms with Crippen LogP contribution >= 0.6 is 11.6 Å². The van der Waals surface area contributed by atoms with Crippen LogP contribution in [0.3, 0.4) is 0 Å². The standard InChI is InChI=1S/C15H24ClNO2/c1-4-17(10-15(18)11-19-12(2)3)9-13-6-5-7-14(16)8-13/h5-8,12,15,18H,4,9-11H2,1-3H3. The molecular formula is C15H24ClNO2. The third kappa shape index (κ3) is 6.92. The van der Waals surface area contributed by atoms with Gasteiger partial charge >= 0.3 is 0 Å². The van der Waals surface area contributed by atoms with Crippen molar-refractivity contribution < 1.29 is 9.84 Å². The molecule has 0 saturated heterocycles. The molecule has 0 aromatic heterocycles. The molecular weight excluding hydrogens is 262 g/mol. The Bertz CT molecular complexity index is 371. The van der Waals surface area contributed by atoms with E-state index in [0.29, 0.717) is 13.2 Å². The van der Waals surface area contributed by atoms with Gasteiger partial charge in [-0.05, 0) is 38.1 Å². The summed E-state index contributed by atoms with van der Waals surface area (Å²) in [5, 5.41) is 10.7. The minimum Gasteiger partial charge on any atom is -0.389 e. The number of hydrogen-bond acceptors (Lipinski definition) is 3. The number of hydrogen-bond donors (Lipinski definition) is 1. The Morgan fingerprint density at radius 1 is 1.37 bits per heavy atom. The minimum atomic E-state index is -0.457. The van der Waals surface area contributed by atoms with Crippen molar-refractivity contribution in [3.8, 4) is 0 Å². The van der Waals surface area contributed by atoms with Crippen LogP contribution in [-0.2, 0) is 11.3 Å². The second kappa shape index (κ2) is 8.54. The highest BCUT2D eigenvalue weighted by Gasteiger charge is 2.12. The second-order valence-corrected chi connectivity index (χ2v) is 5.43. The van der Waals surface area contributed by atoms with Gasteiger partial charge in [0.15, 0.2) is 0 Å². The van der Waals surface area contributed by atoms with Crippen LogP contribution in [0.2, 0.25) is 5.02 Å². The molecule has 0 aliphatic heterocycles. The van der Waals surface area contributed by atoms with Crippen molar-refractivity contribution >= 4 is 11.6 Å². The molecule has 4 heteroatoms. The predicted octanol–water partition coefficient (Wildman–Crippen LogP) is 2.95. The summed E-state index contributed by atoms with van der Waals surface area (Å²) in [6, 6.07) is 7.82. The number of benzene rings is 1. The fourth-order valence-corrected chi connectivity index (χ4v) is 2.07. The first-order valence-electron chi connectivity index (χ1n) is 6.77. The van der Waals surface area contributed by atoms with E-state index in [1.807, 2.05) is 38.1 Å². The molecule has 3 nitrogen and oxygen atoms in total. The third-order valence-electron chi connectivity index (χ3n) is 2.83. The van der Waals surface area contributed by atoms with E-state index in [1.165, 1.54) is 0 Å². The molecule has 0 aliphatic carbocycles. The highest BCUT2D eigenvalue weighted by molar-refractivity contribution is 6.30. The van der Waals surface area contributed by atoms with Crippen molar-refractivity contribution in [1.82, 2.24) is 4.90 Å². The van der Waals surface area contributed by atoms with E-state index < -0.39 is 6.10 Å². The molecule has 19 heavy (non-hydrogen) atoms. The molecule has 0 spiro atoms. The molecule has 1 rings (SSSR count). The Hall–Kier alpha value is -0.610. The van der Waals surface area contributed by atoms with Crippen LogP contribution in [0.5, 0.6) is 0 Å². The maximum Gasteiger partial charge on any atom is 0.0900 e. The highest BCUT2D eigenvalue weighted by atomic mass is 35.5. The molecule has 1 aromatic carbocycles. The molecule has 1 N–H and O–H groups in total. The molecule has 0 radical (unpaired) electrons. The molecule has 1 aromatic rings. The van der Waals surface area contributed by atoms with Gasteiger partial charge in [-0.1, -0.05) is 30.7 Å². The number of aliphatic hydroxyl groups excluding tert-OH is 1. The van der Waals surface area contributed by atoms with Crippen LogP contribution in [0.4, 0.5) is 0 Å². The number of halogens is 1.